The number of aliphatic hydroxyl groups excluding tert-OH is 1. The predicted molar refractivity (Wildman–Crippen MR) is 123 cm³/mol. The van der Waals surface area contributed by atoms with Crippen molar-refractivity contribution in [1.82, 2.24) is 14.8 Å². The lowest BCUT2D eigenvalue weighted by molar-refractivity contribution is 0.0380. The number of hydrogen-bond acceptors (Lipinski definition) is 6. The second-order valence-corrected chi connectivity index (χ2v) is 8.34. The van der Waals surface area contributed by atoms with Gasteiger partial charge >= 0.3 is 0 Å². The molecule has 0 spiro atoms. The zero-order valence-electron chi connectivity index (χ0n) is 18.8. The van der Waals surface area contributed by atoms with Crippen molar-refractivity contribution in [1.29, 1.82) is 0 Å². The van der Waals surface area contributed by atoms with E-state index in [9.17, 15) is 33.4 Å². The number of hydrogen-bond donors (Lipinski definition) is 3. The second kappa shape index (κ2) is 11.0. The first-order valence-corrected chi connectivity index (χ1v) is 11.0. The molecule has 0 bridgehead atoms. The van der Waals surface area contributed by atoms with Gasteiger partial charge < -0.3 is 29.7 Å². The number of carbonyl (C=O) groups is 2. The van der Waals surface area contributed by atoms with Crippen molar-refractivity contribution in [2.75, 3.05) is 26.4 Å². The van der Waals surface area contributed by atoms with Crippen molar-refractivity contribution >= 4 is 23.4 Å². The fourth-order valence-electron chi connectivity index (χ4n) is 3.69. The Balaban J connectivity index is 1.97. The van der Waals surface area contributed by atoms with Crippen LogP contribution in [0.3, 0.4) is 0 Å². The maximum atomic E-state index is 14.1. The molecule has 0 aliphatic carbocycles. The van der Waals surface area contributed by atoms with Crippen LogP contribution in [0.4, 0.5) is 8.78 Å². The van der Waals surface area contributed by atoms with Crippen LogP contribution in [0.2, 0.25) is 5.02 Å². The molecule has 188 valence electrons. The van der Waals surface area contributed by atoms with Gasteiger partial charge in [0.05, 0.1) is 31.9 Å². The summed E-state index contributed by atoms with van der Waals surface area (Å²) >= 11 is 5.55. The fraction of sp³-hybridized carbons (Fsp3) is 0.348. The molecule has 1 aliphatic rings. The lowest BCUT2D eigenvalue weighted by Gasteiger charge is -2.39. The number of aromatic hydroxyl groups is 1. The second-order valence-electron chi connectivity index (χ2n) is 7.96. The topological polar surface area (TPSA) is 121 Å². The van der Waals surface area contributed by atoms with Gasteiger partial charge in [-0.3, -0.25) is 14.4 Å². The van der Waals surface area contributed by atoms with Gasteiger partial charge in [0.2, 0.25) is 5.43 Å². The summed E-state index contributed by atoms with van der Waals surface area (Å²) in [4.78, 5) is 39.9. The van der Waals surface area contributed by atoms with Gasteiger partial charge in [-0.15, -0.1) is 6.58 Å². The summed E-state index contributed by atoms with van der Waals surface area (Å²) in [5.41, 5.74) is -2.07. The van der Waals surface area contributed by atoms with E-state index in [4.69, 9.17) is 16.3 Å². The van der Waals surface area contributed by atoms with Crippen LogP contribution in [0.5, 0.6) is 5.75 Å². The largest absolute Gasteiger partial charge is 0.503 e. The number of rotatable bonds is 9. The normalized spacial score (nSPS) is 16.1. The average Bonchev–Trinajstić information content (AvgIpc) is 2.84. The van der Waals surface area contributed by atoms with Gasteiger partial charge in [0, 0.05) is 24.8 Å². The van der Waals surface area contributed by atoms with Crippen molar-refractivity contribution in [3.63, 3.8) is 0 Å². The number of pyridine rings is 1. The van der Waals surface area contributed by atoms with Gasteiger partial charge in [0.15, 0.2) is 11.4 Å². The van der Waals surface area contributed by atoms with Crippen LogP contribution in [-0.2, 0) is 11.3 Å². The van der Waals surface area contributed by atoms with Gasteiger partial charge in [0.25, 0.3) is 11.8 Å². The van der Waals surface area contributed by atoms with Crippen molar-refractivity contribution in [3.05, 3.63) is 74.7 Å². The quantitative estimate of drug-likeness (QED) is 0.269. The van der Waals surface area contributed by atoms with E-state index in [0.29, 0.717) is 0 Å². The first-order valence-electron chi connectivity index (χ1n) is 10.6. The lowest BCUT2D eigenvalue weighted by Crippen LogP contribution is -2.50. The lowest BCUT2D eigenvalue weighted by atomic mass is 10.1. The number of ether oxygens (including phenoxy) is 1. The maximum absolute atomic E-state index is 14.1. The number of nitrogens with zero attached hydrogens (tertiary/aromatic N) is 2. The SMILES string of the molecule is C=CCOC[C@H]1CN([C@H](C)CO)C(=O)c2c(O)c(=O)c(C(=O)NCc3ccc(F)c(Cl)c3F)cn21. The highest BCUT2D eigenvalue weighted by atomic mass is 35.5. The maximum Gasteiger partial charge on any atom is 0.274 e. The summed E-state index contributed by atoms with van der Waals surface area (Å²) in [5, 5.41) is 21.7. The first-order chi connectivity index (χ1) is 16.6. The van der Waals surface area contributed by atoms with Crippen molar-refractivity contribution in [2.45, 2.75) is 25.6 Å². The third-order valence-electron chi connectivity index (χ3n) is 5.62. The smallest absolute Gasteiger partial charge is 0.274 e. The number of fused-ring (bicyclic) bond motifs is 1. The van der Waals surface area contributed by atoms with Crippen LogP contribution in [0.15, 0.2) is 35.8 Å². The van der Waals surface area contributed by atoms with Crippen LogP contribution in [0, 0.1) is 11.6 Å². The van der Waals surface area contributed by atoms with Gasteiger partial charge in [-0.05, 0) is 13.0 Å². The van der Waals surface area contributed by atoms with Crippen LogP contribution in [-0.4, -0.2) is 63.9 Å². The Morgan fingerprint density at radius 1 is 1.40 bits per heavy atom. The van der Waals surface area contributed by atoms with Crippen LogP contribution < -0.4 is 10.7 Å². The monoisotopic (exact) mass is 511 g/mol. The molecule has 0 fully saturated rings. The highest BCUT2D eigenvalue weighted by Gasteiger charge is 2.37. The minimum absolute atomic E-state index is 0.0452. The molecule has 9 nitrogen and oxygen atoms in total. The summed E-state index contributed by atoms with van der Waals surface area (Å²) in [5.74, 6) is -4.61. The summed E-state index contributed by atoms with van der Waals surface area (Å²) in [6, 6.07) is 0.817. The van der Waals surface area contributed by atoms with E-state index in [1.54, 1.807) is 6.92 Å². The minimum atomic E-state index is -1.11. The van der Waals surface area contributed by atoms with E-state index < -0.39 is 63.8 Å². The number of carbonyl (C=O) groups excluding carboxylic acids is 2. The summed E-state index contributed by atoms with van der Waals surface area (Å²) < 4.78 is 34.3. The standard InChI is InChI=1S/C23H24ClF2N3O6/c1-3-6-35-11-14-8-28(12(2)10-30)23(34)19-21(32)20(31)15(9-29(14)19)22(33)27-7-13-4-5-16(25)17(24)18(13)26/h3-5,9,12,14,30,32H,1,6-8,10-11H2,2H3,(H,27,33)/t12-,14-/m1/s1. The zero-order chi connectivity index (χ0) is 25.9. The van der Waals surface area contributed by atoms with E-state index in [1.807, 2.05) is 0 Å². The third-order valence-corrected chi connectivity index (χ3v) is 5.96. The summed E-state index contributed by atoms with van der Waals surface area (Å²) in [7, 11) is 0. The molecule has 1 aromatic heterocycles. The zero-order valence-corrected chi connectivity index (χ0v) is 19.5. The Kier molecular flexibility index (Phi) is 8.26. The van der Waals surface area contributed by atoms with E-state index in [0.717, 1.165) is 18.3 Å². The molecule has 2 heterocycles. The molecule has 0 unspecified atom stereocenters. The molecular formula is C23H24ClF2N3O6. The summed E-state index contributed by atoms with van der Waals surface area (Å²) in [6.07, 6.45) is 2.65. The van der Waals surface area contributed by atoms with Gasteiger partial charge in [0.1, 0.15) is 22.2 Å². The molecule has 2 atom stereocenters. The molecule has 0 saturated carbocycles. The van der Waals surface area contributed by atoms with Gasteiger partial charge in [-0.25, -0.2) is 8.78 Å². The highest BCUT2D eigenvalue weighted by Crippen LogP contribution is 2.28. The Labute approximate surface area is 204 Å². The minimum Gasteiger partial charge on any atom is -0.503 e. The molecule has 35 heavy (non-hydrogen) atoms. The van der Waals surface area contributed by atoms with E-state index in [2.05, 4.69) is 11.9 Å². The number of nitrogens with one attached hydrogen (secondary N) is 1. The average molecular weight is 512 g/mol. The Morgan fingerprint density at radius 3 is 2.77 bits per heavy atom. The number of amides is 2. The van der Waals surface area contributed by atoms with E-state index >= 15 is 0 Å². The number of benzene rings is 1. The van der Waals surface area contributed by atoms with Gasteiger partial charge in [-0.1, -0.05) is 23.7 Å². The Bertz CT molecular complexity index is 1220. The first kappa shape index (κ1) is 26.3. The van der Waals surface area contributed by atoms with Crippen molar-refractivity contribution in [3.8, 4) is 5.75 Å². The fourth-order valence-corrected chi connectivity index (χ4v) is 3.87. The van der Waals surface area contributed by atoms with Crippen molar-refractivity contribution < 1.29 is 33.3 Å². The highest BCUT2D eigenvalue weighted by molar-refractivity contribution is 6.30. The number of aromatic nitrogens is 1. The molecule has 2 amide bonds. The molecule has 0 radical (unpaired) electrons. The number of aliphatic hydroxyl groups is 1. The molecule has 0 saturated heterocycles. The van der Waals surface area contributed by atoms with Gasteiger partial charge in [-0.2, -0.15) is 0 Å². The number of halogens is 3. The molecule has 1 aromatic carbocycles. The van der Waals surface area contributed by atoms with Crippen LogP contribution in [0.1, 0.15) is 39.4 Å². The predicted octanol–water partition coefficient (Wildman–Crippen LogP) is 2.00. The van der Waals surface area contributed by atoms with E-state index in [1.165, 1.54) is 15.5 Å². The molecular weight excluding hydrogens is 488 g/mol. The molecule has 1 aliphatic heterocycles. The molecule has 12 heteroatoms. The third kappa shape index (κ3) is 5.21. The molecule has 3 N–H and O–H groups in total. The van der Waals surface area contributed by atoms with Crippen LogP contribution in [0.25, 0.3) is 0 Å². The molecule has 2 aromatic rings. The van der Waals surface area contributed by atoms with Crippen molar-refractivity contribution in [2.24, 2.45) is 0 Å². The van der Waals surface area contributed by atoms with Crippen LogP contribution >= 0.6 is 11.6 Å². The Hall–Kier alpha value is -3.28. The van der Waals surface area contributed by atoms with E-state index in [-0.39, 0.29) is 37.6 Å². The molecule has 3 rings (SSSR count). The Morgan fingerprint density at radius 2 is 2.11 bits per heavy atom. The summed E-state index contributed by atoms with van der Waals surface area (Å²) in [6.45, 7) is 4.72.